The summed E-state index contributed by atoms with van der Waals surface area (Å²) in [6, 6.07) is 8.16. The number of hydrogen-bond acceptors (Lipinski definition) is 2. The molecule has 2 aliphatic carbocycles. The van der Waals surface area contributed by atoms with Crippen molar-refractivity contribution in [2.24, 2.45) is 11.8 Å². The van der Waals surface area contributed by atoms with Gasteiger partial charge in [-0.2, -0.15) is 0 Å². The van der Waals surface area contributed by atoms with Crippen molar-refractivity contribution in [3.05, 3.63) is 29.3 Å². The Balaban J connectivity index is 1.57. The SMILES string of the molecule is CC[C@@H](Sc1ccc(Cl)cc1)C(=O)N[C@H]1C[C@H]2CC[C@H]1C2. The van der Waals surface area contributed by atoms with Crippen molar-refractivity contribution in [3.63, 3.8) is 0 Å². The molecule has 2 aliphatic rings. The van der Waals surface area contributed by atoms with Crippen LogP contribution in [0.1, 0.15) is 39.0 Å². The topological polar surface area (TPSA) is 29.1 Å². The molecule has 21 heavy (non-hydrogen) atoms. The molecular formula is C17H22ClNOS. The highest BCUT2D eigenvalue weighted by atomic mass is 35.5. The largest absolute Gasteiger partial charge is 0.352 e. The van der Waals surface area contributed by atoms with E-state index >= 15 is 0 Å². The number of hydrogen-bond donors (Lipinski definition) is 1. The standard InChI is InChI=1S/C17H22ClNOS/c1-2-16(21-14-7-5-13(18)6-8-14)17(20)19-15-10-11-3-4-12(15)9-11/h5-8,11-12,15-16H,2-4,9-10H2,1H3,(H,19,20)/t11-,12-,15-,16+/m0/s1. The molecule has 0 heterocycles. The van der Waals surface area contributed by atoms with E-state index in [1.807, 2.05) is 24.3 Å². The average molecular weight is 324 g/mol. The molecule has 1 aromatic rings. The number of carbonyl (C=O) groups excluding carboxylic acids is 1. The Morgan fingerprint density at radius 1 is 1.33 bits per heavy atom. The quantitative estimate of drug-likeness (QED) is 0.807. The smallest absolute Gasteiger partial charge is 0.233 e. The van der Waals surface area contributed by atoms with Crippen LogP contribution in [0.4, 0.5) is 0 Å². The van der Waals surface area contributed by atoms with E-state index < -0.39 is 0 Å². The third-order valence-corrected chi connectivity index (χ3v) is 6.45. The second-order valence-corrected chi connectivity index (χ2v) is 7.97. The summed E-state index contributed by atoms with van der Waals surface area (Å²) < 4.78 is 0. The van der Waals surface area contributed by atoms with Gasteiger partial charge in [0.15, 0.2) is 0 Å². The van der Waals surface area contributed by atoms with E-state index in [1.165, 1.54) is 25.7 Å². The first-order valence-corrected chi connectivity index (χ1v) is 9.14. The minimum atomic E-state index is -0.00898. The Kier molecular flexibility index (Phi) is 4.80. The van der Waals surface area contributed by atoms with Gasteiger partial charge in [-0.15, -0.1) is 11.8 Å². The summed E-state index contributed by atoms with van der Waals surface area (Å²) in [4.78, 5) is 13.6. The van der Waals surface area contributed by atoms with Crippen molar-refractivity contribution in [3.8, 4) is 0 Å². The summed E-state index contributed by atoms with van der Waals surface area (Å²) in [7, 11) is 0. The Morgan fingerprint density at radius 3 is 2.67 bits per heavy atom. The van der Waals surface area contributed by atoms with Crippen molar-refractivity contribution < 1.29 is 4.79 Å². The van der Waals surface area contributed by atoms with Crippen molar-refractivity contribution in [2.75, 3.05) is 0 Å². The lowest BCUT2D eigenvalue weighted by atomic mass is 9.95. The zero-order valence-corrected chi connectivity index (χ0v) is 13.9. The molecule has 4 atom stereocenters. The van der Waals surface area contributed by atoms with E-state index in [2.05, 4.69) is 12.2 Å². The third kappa shape index (κ3) is 3.57. The average Bonchev–Trinajstić information content (AvgIpc) is 3.09. The molecule has 4 heteroatoms. The summed E-state index contributed by atoms with van der Waals surface area (Å²) in [6.45, 7) is 2.08. The van der Waals surface area contributed by atoms with Gasteiger partial charge in [-0.05, 0) is 61.8 Å². The van der Waals surface area contributed by atoms with Crippen molar-refractivity contribution >= 4 is 29.3 Å². The number of benzene rings is 1. The molecule has 0 radical (unpaired) electrons. The number of carbonyl (C=O) groups is 1. The first kappa shape index (κ1) is 15.2. The molecule has 1 aromatic carbocycles. The number of nitrogens with one attached hydrogen (secondary N) is 1. The zero-order chi connectivity index (χ0) is 14.8. The summed E-state index contributed by atoms with van der Waals surface area (Å²) in [6.07, 6.45) is 6.04. The maximum atomic E-state index is 12.5. The van der Waals surface area contributed by atoms with Crippen LogP contribution in [-0.4, -0.2) is 17.2 Å². The number of amides is 1. The fourth-order valence-corrected chi connectivity index (χ4v) is 4.79. The van der Waals surface area contributed by atoms with Gasteiger partial charge in [0, 0.05) is 16.0 Å². The van der Waals surface area contributed by atoms with Gasteiger partial charge in [0.05, 0.1) is 5.25 Å². The molecule has 2 nitrogen and oxygen atoms in total. The first-order valence-electron chi connectivity index (χ1n) is 7.88. The highest BCUT2D eigenvalue weighted by molar-refractivity contribution is 8.00. The maximum Gasteiger partial charge on any atom is 0.233 e. The van der Waals surface area contributed by atoms with Crippen LogP contribution < -0.4 is 5.32 Å². The van der Waals surface area contributed by atoms with Gasteiger partial charge in [-0.25, -0.2) is 0 Å². The monoisotopic (exact) mass is 323 g/mol. The Morgan fingerprint density at radius 2 is 2.10 bits per heavy atom. The zero-order valence-electron chi connectivity index (χ0n) is 12.3. The van der Waals surface area contributed by atoms with Crippen molar-refractivity contribution in [1.29, 1.82) is 0 Å². The van der Waals surface area contributed by atoms with Crippen LogP contribution in [0, 0.1) is 11.8 Å². The lowest BCUT2D eigenvalue weighted by Crippen LogP contribution is -2.42. The molecule has 0 spiro atoms. The molecule has 0 unspecified atom stereocenters. The Bertz CT molecular complexity index is 504. The molecular weight excluding hydrogens is 302 g/mol. The normalized spacial score (nSPS) is 28.6. The van der Waals surface area contributed by atoms with E-state index in [0.29, 0.717) is 6.04 Å². The van der Waals surface area contributed by atoms with Gasteiger partial charge in [0.25, 0.3) is 0 Å². The molecule has 0 aromatic heterocycles. The number of fused-ring (bicyclic) bond motifs is 2. The molecule has 0 aliphatic heterocycles. The van der Waals surface area contributed by atoms with Crippen LogP contribution in [0.2, 0.25) is 5.02 Å². The van der Waals surface area contributed by atoms with Gasteiger partial charge < -0.3 is 5.32 Å². The minimum absolute atomic E-state index is 0.00898. The Labute approximate surface area is 136 Å². The predicted molar refractivity (Wildman–Crippen MR) is 88.8 cm³/mol. The fraction of sp³-hybridized carbons (Fsp3) is 0.588. The highest BCUT2D eigenvalue weighted by Gasteiger charge is 2.40. The number of thioether (sulfide) groups is 1. The third-order valence-electron chi connectivity index (χ3n) is 4.82. The summed E-state index contributed by atoms with van der Waals surface area (Å²) in [5, 5.41) is 4.03. The first-order chi connectivity index (χ1) is 10.2. The van der Waals surface area contributed by atoms with Gasteiger partial charge in [0.2, 0.25) is 5.91 Å². The predicted octanol–water partition coefficient (Wildman–Crippen LogP) is 4.52. The van der Waals surface area contributed by atoms with Gasteiger partial charge in [0.1, 0.15) is 0 Å². The fourth-order valence-electron chi connectivity index (χ4n) is 3.70. The van der Waals surface area contributed by atoms with E-state index in [1.54, 1.807) is 11.8 Å². The van der Waals surface area contributed by atoms with Crippen LogP contribution in [0.25, 0.3) is 0 Å². The van der Waals surface area contributed by atoms with Crippen molar-refractivity contribution in [1.82, 2.24) is 5.32 Å². The minimum Gasteiger partial charge on any atom is -0.352 e. The number of halogens is 1. The van der Waals surface area contributed by atoms with Gasteiger partial charge >= 0.3 is 0 Å². The van der Waals surface area contributed by atoms with E-state index in [9.17, 15) is 4.79 Å². The lowest BCUT2D eigenvalue weighted by Gasteiger charge is -2.25. The summed E-state index contributed by atoms with van der Waals surface area (Å²) in [5.74, 6) is 1.80. The van der Waals surface area contributed by atoms with Crippen molar-refractivity contribution in [2.45, 2.75) is 55.2 Å². The maximum absolute atomic E-state index is 12.5. The highest BCUT2D eigenvalue weighted by Crippen LogP contribution is 2.44. The van der Waals surface area contributed by atoms with E-state index in [-0.39, 0.29) is 11.2 Å². The lowest BCUT2D eigenvalue weighted by molar-refractivity contribution is -0.121. The second-order valence-electron chi connectivity index (χ2n) is 6.26. The summed E-state index contributed by atoms with van der Waals surface area (Å²) in [5.41, 5.74) is 0. The second kappa shape index (κ2) is 6.62. The molecule has 0 saturated heterocycles. The molecule has 1 N–H and O–H groups in total. The molecule has 3 rings (SSSR count). The molecule has 2 bridgehead atoms. The van der Waals surface area contributed by atoms with Gasteiger partial charge in [-0.3, -0.25) is 4.79 Å². The van der Waals surface area contributed by atoms with Crippen LogP contribution >= 0.6 is 23.4 Å². The molecule has 1 amide bonds. The van der Waals surface area contributed by atoms with E-state index in [0.717, 1.165) is 28.2 Å². The molecule has 114 valence electrons. The van der Waals surface area contributed by atoms with Crippen LogP contribution in [0.5, 0.6) is 0 Å². The van der Waals surface area contributed by atoms with Crippen LogP contribution in [0.3, 0.4) is 0 Å². The Hall–Kier alpha value is -0.670. The summed E-state index contributed by atoms with van der Waals surface area (Å²) >= 11 is 7.54. The van der Waals surface area contributed by atoms with E-state index in [4.69, 9.17) is 11.6 Å². The molecule has 2 fully saturated rings. The van der Waals surface area contributed by atoms with Crippen LogP contribution in [0.15, 0.2) is 29.2 Å². The molecule has 2 saturated carbocycles. The van der Waals surface area contributed by atoms with Gasteiger partial charge in [-0.1, -0.05) is 24.9 Å². The van der Waals surface area contributed by atoms with Crippen LogP contribution in [-0.2, 0) is 4.79 Å². The number of rotatable bonds is 5.